The number of hydrogen-bond acceptors (Lipinski definition) is 3. The van der Waals surface area contributed by atoms with E-state index in [0.717, 1.165) is 28.5 Å². The van der Waals surface area contributed by atoms with Crippen molar-refractivity contribution in [1.82, 2.24) is 10.3 Å². The number of amides is 1. The van der Waals surface area contributed by atoms with E-state index in [1.54, 1.807) is 12.1 Å². The maximum Gasteiger partial charge on any atom is 0.269 e. The third-order valence-corrected chi connectivity index (χ3v) is 5.17. The number of rotatable bonds is 8. The lowest BCUT2D eigenvalue weighted by Crippen LogP contribution is -2.28. The van der Waals surface area contributed by atoms with Crippen molar-refractivity contribution < 1.29 is 9.72 Å². The van der Waals surface area contributed by atoms with E-state index in [9.17, 15) is 14.9 Å². The molecule has 3 aromatic rings. The number of nitrogens with zero attached hydrogens (tertiary/aromatic N) is 1. The summed E-state index contributed by atoms with van der Waals surface area (Å²) in [5.41, 5.74) is 4.04. The summed E-state index contributed by atoms with van der Waals surface area (Å²) in [6.45, 7) is 6.80. The van der Waals surface area contributed by atoms with E-state index in [-0.39, 0.29) is 23.9 Å². The van der Waals surface area contributed by atoms with Crippen molar-refractivity contribution in [2.45, 2.75) is 39.5 Å². The largest absolute Gasteiger partial charge is 0.361 e. The summed E-state index contributed by atoms with van der Waals surface area (Å²) in [6, 6.07) is 12.7. The Balaban J connectivity index is 2.05. The van der Waals surface area contributed by atoms with E-state index in [0.29, 0.717) is 12.5 Å². The fourth-order valence-electron chi connectivity index (χ4n) is 3.66. The molecule has 1 atom stereocenters. The van der Waals surface area contributed by atoms with Gasteiger partial charge in [-0.2, -0.15) is 0 Å². The van der Waals surface area contributed by atoms with Crippen LogP contribution < -0.4 is 5.32 Å². The first-order valence-electron chi connectivity index (χ1n) is 10.0. The molecular formula is C23H27N3O3. The third kappa shape index (κ3) is 4.65. The number of fused-ring (bicyclic) bond motifs is 1. The molecule has 0 spiro atoms. The average molecular weight is 393 g/mol. The zero-order valence-electron chi connectivity index (χ0n) is 17.1. The number of non-ortho nitro benzene ring substituents is 1. The van der Waals surface area contributed by atoms with Crippen LogP contribution >= 0.6 is 0 Å². The second-order valence-corrected chi connectivity index (χ2v) is 7.74. The van der Waals surface area contributed by atoms with Crippen molar-refractivity contribution in [2.75, 3.05) is 6.54 Å². The standard InChI is InChI=1S/C23H27N3O3/c1-4-16-7-6-10-19-21(14-25-23(16)19)20(12-22(27)24-13-15(2)3)17-8-5-9-18(11-17)26(28)29/h5-11,14-15,20,25H,4,12-13H2,1-3H3,(H,24,27)/t20-/m1/s1. The minimum absolute atomic E-state index is 0.0316. The molecule has 0 aliphatic carbocycles. The summed E-state index contributed by atoms with van der Waals surface area (Å²) < 4.78 is 0. The molecule has 2 N–H and O–H groups in total. The van der Waals surface area contributed by atoms with Crippen LogP contribution in [0.5, 0.6) is 0 Å². The second kappa shape index (κ2) is 8.90. The Bertz CT molecular complexity index is 1020. The normalized spacial score (nSPS) is 12.3. The van der Waals surface area contributed by atoms with Crippen LogP contribution in [0.15, 0.2) is 48.7 Å². The molecule has 6 heteroatoms. The van der Waals surface area contributed by atoms with Crippen molar-refractivity contribution >= 4 is 22.5 Å². The zero-order valence-corrected chi connectivity index (χ0v) is 17.1. The van der Waals surface area contributed by atoms with Crippen LogP contribution in [0.4, 0.5) is 5.69 Å². The number of carbonyl (C=O) groups excluding carboxylic acids is 1. The first kappa shape index (κ1) is 20.6. The zero-order chi connectivity index (χ0) is 21.0. The van der Waals surface area contributed by atoms with Crippen molar-refractivity contribution in [3.63, 3.8) is 0 Å². The molecule has 0 unspecified atom stereocenters. The molecule has 0 fully saturated rings. The number of hydrogen-bond donors (Lipinski definition) is 2. The number of nitrogens with one attached hydrogen (secondary N) is 2. The van der Waals surface area contributed by atoms with Gasteiger partial charge in [0, 0.05) is 48.1 Å². The Morgan fingerprint density at radius 2 is 1.97 bits per heavy atom. The number of nitro benzene ring substituents is 1. The third-order valence-electron chi connectivity index (χ3n) is 5.17. The molecule has 0 aliphatic heterocycles. The van der Waals surface area contributed by atoms with Crippen LogP contribution in [0.3, 0.4) is 0 Å². The van der Waals surface area contributed by atoms with E-state index in [1.165, 1.54) is 11.6 Å². The molecule has 1 aromatic heterocycles. The molecule has 0 saturated heterocycles. The van der Waals surface area contributed by atoms with Gasteiger partial charge in [0.1, 0.15) is 0 Å². The molecule has 1 heterocycles. The van der Waals surface area contributed by atoms with Gasteiger partial charge in [-0.15, -0.1) is 0 Å². The summed E-state index contributed by atoms with van der Waals surface area (Å²) in [4.78, 5) is 26.9. The minimum atomic E-state index is -0.399. The molecule has 2 aromatic carbocycles. The van der Waals surface area contributed by atoms with Crippen LogP contribution in [0.1, 0.15) is 49.8 Å². The number of para-hydroxylation sites is 1. The molecular weight excluding hydrogens is 366 g/mol. The van der Waals surface area contributed by atoms with Crippen molar-refractivity contribution in [3.05, 3.63) is 75.5 Å². The average Bonchev–Trinajstić information content (AvgIpc) is 3.14. The van der Waals surface area contributed by atoms with Gasteiger partial charge in [0.05, 0.1) is 4.92 Å². The number of aromatic amines is 1. The fourth-order valence-corrected chi connectivity index (χ4v) is 3.66. The lowest BCUT2D eigenvalue weighted by molar-refractivity contribution is -0.384. The summed E-state index contributed by atoms with van der Waals surface area (Å²) >= 11 is 0. The molecule has 3 rings (SSSR count). The number of aromatic nitrogens is 1. The highest BCUT2D eigenvalue weighted by Gasteiger charge is 2.23. The van der Waals surface area contributed by atoms with E-state index in [1.807, 2.05) is 38.2 Å². The minimum Gasteiger partial charge on any atom is -0.361 e. The quantitative estimate of drug-likeness (QED) is 0.420. The first-order chi connectivity index (χ1) is 13.9. The Morgan fingerprint density at radius 1 is 1.21 bits per heavy atom. The van der Waals surface area contributed by atoms with Gasteiger partial charge in [0.25, 0.3) is 5.69 Å². The second-order valence-electron chi connectivity index (χ2n) is 7.74. The Kier molecular flexibility index (Phi) is 6.32. The number of nitro groups is 1. The summed E-state index contributed by atoms with van der Waals surface area (Å²) in [5, 5.41) is 15.3. The van der Waals surface area contributed by atoms with E-state index in [4.69, 9.17) is 0 Å². The summed E-state index contributed by atoms with van der Waals surface area (Å²) in [7, 11) is 0. The molecule has 29 heavy (non-hydrogen) atoms. The van der Waals surface area contributed by atoms with Crippen molar-refractivity contribution in [3.8, 4) is 0 Å². The monoisotopic (exact) mass is 393 g/mol. The van der Waals surface area contributed by atoms with Gasteiger partial charge in [0.2, 0.25) is 5.91 Å². The fraction of sp³-hybridized carbons (Fsp3) is 0.348. The summed E-state index contributed by atoms with van der Waals surface area (Å²) in [5.74, 6) is 0.0227. The van der Waals surface area contributed by atoms with Crippen molar-refractivity contribution in [2.24, 2.45) is 5.92 Å². The molecule has 0 bridgehead atoms. The Hall–Kier alpha value is -3.15. The van der Waals surface area contributed by atoms with Gasteiger partial charge >= 0.3 is 0 Å². The van der Waals surface area contributed by atoms with E-state index < -0.39 is 4.92 Å². The highest BCUT2D eigenvalue weighted by Crippen LogP contribution is 2.35. The number of carbonyl (C=O) groups is 1. The lowest BCUT2D eigenvalue weighted by Gasteiger charge is -2.18. The molecule has 0 saturated carbocycles. The van der Waals surface area contributed by atoms with Crippen LogP contribution in [0.25, 0.3) is 10.9 Å². The van der Waals surface area contributed by atoms with Gasteiger partial charge in [-0.05, 0) is 29.0 Å². The van der Waals surface area contributed by atoms with E-state index in [2.05, 4.69) is 23.3 Å². The number of H-pyrrole nitrogens is 1. The van der Waals surface area contributed by atoms with Crippen molar-refractivity contribution in [1.29, 1.82) is 0 Å². The number of aryl methyl sites for hydroxylation is 1. The molecule has 152 valence electrons. The van der Waals surface area contributed by atoms with Crippen LogP contribution in [0.2, 0.25) is 0 Å². The SMILES string of the molecule is CCc1cccc2c([C@H](CC(=O)NCC(C)C)c3cccc([N+](=O)[O-])c3)c[nH]c12. The Morgan fingerprint density at radius 3 is 2.66 bits per heavy atom. The predicted molar refractivity (Wildman–Crippen MR) is 115 cm³/mol. The first-order valence-corrected chi connectivity index (χ1v) is 10.0. The van der Waals surface area contributed by atoms with Gasteiger partial charge in [-0.3, -0.25) is 14.9 Å². The lowest BCUT2D eigenvalue weighted by atomic mass is 9.87. The van der Waals surface area contributed by atoms with Gasteiger partial charge < -0.3 is 10.3 Å². The van der Waals surface area contributed by atoms with Crippen LogP contribution in [-0.4, -0.2) is 22.4 Å². The van der Waals surface area contributed by atoms with Crippen LogP contribution in [-0.2, 0) is 11.2 Å². The van der Waals surface area contributed by atoms with Crippen LogP contribution in [0, 0.1) is 16.0 Å². The molecule has 1 amide bonds. The van der Waals surface area contributed by atoms with Gasteiger partial charge in [0.15, 0.2) is 0 Å². The maximum atomic E-state index is 12.6. The van der Waals surface area contributed by atoms with E-state index >= 15 is 0 Å². The van der Waals surface area contributed by atoms with Gasteiger partial charge in [-0.25, -0.2) is 0 Å². The molecule has 6 nitrogen and oxygen atoms in total. The highest BCUT2D eigenvalue weighted by molar-refractivity contribution is 5.88. The highest BCUT2D eigenvalue weighted by atomic mass is 16.6. The smallest absolute Gasteiger partial charge is 0.269 e. The van der Waals surface area contributed by atoms with Gasteiger partial charge in [-0.1, -0.05) is 51.1 Å². The topological polar surface area (TPSA) is 88.0 Å². The number of benzene rings is 2. The summed E-state index contributed by atoms with van der Waals surface area (Å²) in [6.07, 6.45) is 3.06. The Labute approximate surface area is 170 Å². The molecule has 0 aliphatic rings. The maximum absolute atomic E-state index is 12.6. The predicted octanol–water partition coefficient (Wildman–Crippen LogP) is 4.93. The molecule has 0 radical (unpaired) electrons.